The van der Waals surface area contributed by atoms with Gasteiger partial charge in [0.15, 0.2) is 17.3 Å². The number of fused-ring (bicyclic) bond motifs is 1. The number of pyridine rings is 1. The predicted octanol–water partition coefficient (Wildman–Crippen LogP) is 4.41. The summed E-state index contributed by atoms with van der Waals surface area (Å²) >= 11 is 6.43. The Morgan fingerprint density at radius 2 is 1.85 bits per heavy atom. The molecule has 172 valence electrons. The summed E-state index contributed by atoms with van der Waals surface area (Å²) in [6.45, 7) is 1.66. The molecule has 1 fully saturated rings. The van der Waals surface area contributed by atoms with Crippen molar-refractivity contribution in [3.8, 4) is 17.3 Å². The van der Waals surface area contributed by atoms with E-state index in [1.54, 1.807) is 0 Å². The lowest BCUT2D eigenvalue weighted by Crippen LogP contribution is -2.29. The first kappa shape index (κ1) is 21.6. The Bertz CT molecular complexity index is 1250. The fourth-order valence-electron chi connectivity index (χ4n) is 4.14. The summed E-state index contributed by atoms with van der Waals surface area (Å²) in [5.41, 5.74) is -0.112. The smallest absolute Gasteiger partial charge is 0.417 e. The van der Waals surface area contributed by atoms with E-state index in [2.05, 4.69) is 10.1 Å². The fourth-order valence-corrected chi connectivity index (χ4v) is 4.37. The van der Waals surface area contributed by atoms with Crippen molar-refractivity contribution in [3.63, 3.8) is 0 Å². The molecule has 2 aliphatic rings. The molecule has 33 heavy (non-hydrogen) atoms. The van der Waals surface area contributed by atoms with E-state index in [4.69, 9.17) is 21.1 Å². The number of rotatable bonds is 3. The Balaban J connectivity index is 1.46. The Morgan fingerprint density at radius 3 is 2.58 bits per heavy atom. The van der Waals surface area contributed by atoms with Gasteiger partial charge in [-0.15, -0.1) is 0 Å². The van der Waals surface area contributed by atoms with E-state index in [-0.39, 0.29) is 16.9 Å². The molecule has 2 aliphatic heterocycles. The minimum Gasteiger partial charge on any atom is -0.486 e. The molecular formula is C22H18ClF3N4O3. The standard InChI is InChI=1S/C22H18ClF3N4O3/c23-20-16(12-28-30(21(20)31)19-6-4-14(11-27-19)22(24,25)26)29-7-1-2-15(29)13-3-5-17-18(10-13)33-9-8-32-17/h3-6,10-12,15H,1-2,7-9H2/t15-/m1/s1. The highest BCUT2D eigenvalue weighted by molar-refractivity contribution is 6.33. The highest BCUT2D eigenvalue weighted by Crippen LogP contribution is 2.41. The number of alkyl halides is 3. The summed E-state index contributed by atoms with van der Waals surface area (Å²) in [5.74, 6) is 1.32. The Hall–Kier alpha value is -3.27. The summed E-state index contributed by atoms with van der Waals surface area (Å²) in [7, 11) is 0. The van der Waals surface area contributed by atoms with Gasteiger partial charge in [-0.25, -0.2) is 4.98 Å². The van der Waals surface area contributed by atoms with Crippen LogP contribution in [0.5, 0.6) is 11.5 Å². The minimum atomic E-state index is -4.52. The van der Waals surface area contributed by atoms with Crippen LogP contribution in [0.1, 0.15) is 30.0 Å². The van der Waals surface area contributed by atoms with Gasteiger partial charge in [0.25, 0.3) is 5.56 Å². The second kappa shape index (κ2) is 8.26. The summed E-state index contributed by atoms with van der Waals surface area (Å²) in [6.07, 6.45) is -0.689. The summed E-state index contributed by atoms with van der Waals surface area (Å²) < 4.78 is 50.6. The molecule has 2 aromatic heterocycles. The van der Waals surface area contributed by atoms with Crippen LogP contribution in [0.15, 0.2) is 47.5 Å². The number of anilines is 1. The number of halogens is 4. The van der Waals surface area contributed by atoms with Crippen molar-refractivity contribution in [2.24, 2.45) is 0 Å². The maximum atomic E-state index is 12.9. The molecule has 0 saturated carbocycles. The number of nitrogens with zero attached hydrogens (tertiary/aromatic N) is 4. The molecule has 0 spiro atoms. The third-order valence-electron chi connectivity index (χ3n) is 5.71. The maximum absolute atomic E-state index is 12.9. The second-order valence-electron chi connectivity index (χ2n) is 7.72. The van der Waals surface area contributed by atoms with E-state index in [1.165, 1.54) is 6.20 Å². The highest BCUT2D eigenvalue weighted by atomic mass is 35.5. The normalized spacial score (nSPS) is 17.9. The third-order valence-corrected chi connectivity index (χ3v) is 6.06. The van der Waals surface area contributed by atoms with E-state index in [0.29, 0.717) is 43.1 Å². The molecule has 1 atom stereocenters. The van der Waals surface area contributed by atoms with Crippen molar-refractivity contribution in [1.82, 2.24) is 14.8 Å². The van der Waals surface area contributed by atoms with Crippen LogP contribution in [-0.4, -0.2) is 34.5 Å². The lowest BCUT2D eigenvalue weighted by atomic mass is 10.0. The first-order valence-electron chi connectivity index (χ1n) is 10.3. The molecule has 0 N–H and O–H groups in total. The number of ether oxygens (including phenoxy) is 2. The number of benzene rings is 1. The van der Waals surface area contributed by atoms with Gasteiger partial charge in [0.05, 0.1) is 23.5 Å². The molecule has 0 amide bonds. The molecule has 0 aliphatic carbocycles. The second-order valence-corrected chi connectivity index (χ2v) is 8.10. The lowest BCUT2D eigenvalue weighted by Gasteiger charge is -2.28. The van der Waals surface area contributed by atoms with Crippen LogP contribution in [0.3, 0.4) is 0 Å². The zero-order valence-corrected chi connectivity index (χ0v) is 17.9. The molecule has 0 bridgehead atoms. The topological polar surface area (TPSA) is 69.5 Å². The molecule has 1 aromatic carbocycles. The summed E-state index contributed by atoms with van der Waals surface area (Å²) in [4.78, 5) is 18.6. The van der Waals surface area contributed by atoms with Crippen LogP contribution in [-0.2, 0) is 6.18 Å². The minimum absolute atomic E-state index is 0.0421. The zero-order chi connectivity index (χ0) is 23.2. The molecule has 3 aromatic rings. The van der Waals surface area contributed by atoms with Crippen LogP contribution < -0.4 is 19.9 Å². The molecule has 4 heterocycles. The van der Waals surface area contributed by atoms with Gasteiger partial charge >= 0.3 is 6.18 Å². The summed E-state index contributed by atoms with van der Waals surface area (Å²) in [6, 6.07) is 7.66. The van der Waals surface area contributed by atoms with Gasteiger partial charge in [-0.3, -0.25) is 4.79 Å². The van der Waals surface area contributed by atoms with Crippen LogP contribution in [0.4, 0.5) is 18.9 Å². The van der Waals surface area contributed by atoms with E-state index in [1.807, 2.05) is 23.1 Å². The first-order chi connectivity index (χ1) is 15.8. The van der Waals surface area contributed by atoms with Gasteiger partial charge in [0, 0.05) is 12.7 Å². The molecule has 1 saturated heterocycles. The number of hydrogen-bond donors (Lipinski definition) is 0. The molecule has 0 unspecified atom stereocenters. The Labute approximate surface area is 191 Å². The Morgan fingerprint density at radius 1 is 1.06 bits per heavy atom. The Kier molecular flexibility index (Phi) is 5.40. The highest BCUT2D eigenvalue weighted by Gasteiger charge is 2.32. The van der Waals surface area contributed by atoms with Crippen LogP contribution >= 0.6 is 11.6 Å². The molecule has 0 radical (unpaired) electrons. The average Bonchev–Trinajstić information content (AvgIpc) is 3.30. The maximum Gasteiger partial charge on any atom is 0.417 e. The van der Waals surface area contributed by atoms with Crippen molar-refractivity contribution >= 4 is 17.3 Å². The predicted molar refractivity (Wildman–Crippen MR) is 114 cm³/mol. The third kappa shape index (κ3) is 3.99. The van der Waals surface area contributed by atoms with E-state index in [9.17, 15) is 18.0 Å². The van der Waals surface area contributed by atoms with E-state index in [0.717, 1.165) is 35.2 Å². The van der Waals surface area contributed by atoms with Gasteiger partial charge in [0.1, 0.15) is 18.2 Å². The first-order valence-corrected chi connectivity index (χ1v) is 10.7. The van der Waals surface area contributed by atoms with E-state index >= 15 is 0 Å². The average molecular weight is 479 g/mol. The molecule has 11 heteroatoms. The quantitative estimate of drug-likeness (QED) is 0.555. The van der Waals surface area contributed by atoms with Gasteiger partial charge in [-0.2, -0.15) is 23.0 Å². The van der Waals surface area contributed by atoms with Gasteiger partial charge in [-0.1, -0.05) is 17.7 Å². The van der Waals surface area contributed by atoms with Crippen LogP contribution in [0, 0.1) is 0 Å². The molecular weight excluding hydrogens is 461 g/mol. The largest absolute Gasteiger partial charge is 0.486 e. The SMILES string of the molecule is O=c1c(Cl)c(N2CCC[C@@H]2c2ccc3c(c2)OCCO3)cnn1-c1ccc(C(F)(F)F)cn1. The van der Waals surface area contributed by atoms with E-state index < -0.39 is 17.3 Å². The van der Waals surface area contributed by atoms with Crippen LogP contribution in [0.25, 0.3) is 5.82 Å². The van der Waals surface area contributed by atoms with Crippen molar-refractivity contribution in [2.45, 2.75) is 25.1 Å². The monoisotopic (exact) mass is 478 g/mol. The number of hydrogen-bond acceptors (Lipinski definition) is 6. The van der Waals surface area contributed by atoms with Gasteiger partial charge in [0.2, 0.25) is 0 Å². The van der Waals surface area contributed by atoms with Gasteiger partial charge in [-0.05, 0) is 42.7 Å². The fraction of sp³-hybridized carbons (Fsp3) is 0.318. The lowest BCUT2D eigenvalue weighted by molar-refractivity contribution is -0.137. The van der Waals surface area contributed by atoms with Gasteiger partial charge < -0.3 is 14.4 Å². The molecule has 5 rings (SSSR count). The summed E-state index contributed by atoms with van der Waals surface area (Å²) in [5, 5.41) is 4.06. The van der Waals surface area contributed by atoms with Crippen LogP contribution in [0.2, 0.25) is 5.02 Å². The molecule has 7 nitrogen and oxygen atoms in total. The van der Waals surface area contributed by atoms with Crippen molar-refractivity contribution in [2.75, 3.05) is 24.7 Å². The zero-order valence-electron chi connectivity index (χ0n) is 17.2. The van der Waals surface area contributed by atoms with Crippen molar-refractivity contribution in [3.05, 3.63) is 69.2 Å². The van der Waals surface area contributed by atoms with Crippen molar-refractivity contribution < 1.29 is 22.6 Å². The van der Waals surface area contributed by atoms with Crippen molar-refractivity contribution in [1.29, 1.82) is 0 Å². The number of aromatic nitrogens is 3.